The lowest BCUT2D eigenvalue weighted by Gasteiger charge is -2.16. The molecule has 1 aromatic heterocycles. The van der Waals surface area contributed by atoms with E-state index in [9.17, 15) is 13.2 Å². The van der Waals surface area contributed by atoms with Gasteiger partial charge in [-0.1, -0.05) is 12.1 Å². The number of amides is 1. The minimum atomic E-state index is -3.56. The summed E-state index contributed by atoms with van der Waals surface area (Å²) in [6.07, 6.45) is 1.38. The average molecular weight is 322 g/mol. The minimum absolute atomic E-state index is 0.0771. The van der Waals surface area contributed by atoms with E-state index in [4.69, 9.17) is 0 Å². The number of nitrogens with zero attached hydrogens (tertiary/aromatic N) is 1. The predicted molar refractivity (Wildman–Crippen MR) is 83.2 cm³/mol. The van der Waals surface area contributed by atoms with Gasteiger partial charge in [-0.25, -0.2) is 8.42 Å². The molecule has 0 bridgehead atoms. The van der Waals surface area contributed by atoms with Gasteiger partial charge >= 0.3 is 0 Å². The molecule has 0 atom stereocenters. The van der Waals surface area contributed by atoms with E-state index in [1.54, 1.807) is 40.6 Å². The van der Waals surface area contributed by atoms with E-state index in [1.165, 1.54) is 0 Å². The van der Waals surface area contributed by atoms with Crippen molar-refractivity contribution in [3.8, 4) is 0 Å². The zero-order valence-electron chi connectivity index (χ0n) is 11.2. The van der Waals surface area contributed by atoms with Gasteiger partial charge in [0.15, 0.2) is 0 Å². The van der Waals surface area contributed by atoms with Crippen LogP contribution < -0.4 is 9.62 Å². The van der Waals surface area contributed by atoms with Crippen LogP contribution in [0.2, 0.25) is 0 Å². The predicted octanol–water partition coefficient (Wildman–Crippen LogP) is 2.68. The van der Waals surface area contributed by atoms with Gasteiger partial charge in [-0.15, -0.1) is 11.3 Å². The maximum atomic E-state index is 12.2. The summed E-state index contributed by atoms with van der Waals surface area (Å²) in [5, 5.41) is 1.72. The topological polar surface area (TPSA) is 66.5 Å². The Morgan fingerprint density at radius 1 is 1.19 bits per heavy atom. The zero-order chi connectivity index (χ0) is 14.9. The molecule has 7 heteroatoms. The molecule has 0 radical (unpaired) electrons. The highest BCUT2D eigenvalue weighted by atomic mass is 32.2. The molecule has 21 heavy (non-hydrogen) atoms. The van der Waals surface area contributed by atoms with Crippen molar-refractivity contribution < 1.29 is 13.2 Å². The first-order valence-electron chi connectivity index (χ1n) is 6.53. The molecule has 1 N–H and O–H groups in total. The van der Waals surface area contributed by atoms with Crippen LogP contribution >= 0.6 is 11.3 Å². The largest absolute Gasteiger partial charge is 0.312 e. The van der Waals surface area contributed by atoms with Crippen molar-refractivity contribution in [1.82, 2.24) is 0 Å². The van der Waals surface area contributed by atoms with Gasteiger partial charge in [0.2, 0.25) is 5.91 Å². The van der Waals surface area contributed by atoms with Crippen molar-refractivity contribution in [3.05, 3.63) is 41.8 Å². The second-order valence-electron chi connectivity index (χ2n) is 4.74. The maximum absolute atomic E-state index is 12.2. The molecule has 0 unspecified atom stereocenters. The van der Waals surface area contributed by atoms with Crippen molar-refractivity contribution in [2.75, 3.05) is 16.2 Å². The number of carbonyl (C=O) groups excluding carboxylic acids is 1. The highest BCUT2D eigenvalue weighted by Gasteiger charge is 2.22. The highest BCUT2D eigenvalue weighted by Crippen LogP contribution is 2.26. The molecule has 1 saturated heterocycles. The quantitative estimate of drug-likeness (QED) is 0.941. The van der Waals surface area contributed by atoms with E-state index in [1.807, 2.05) is 6.07 Å². The second kappa shape index (κ2) is 5.50. The molecule has 1 aliphatic rings. The van der Waals surface area contributed by atoms with Gasteiger partial charge in [-0.3, -0.25) is 9.52 Å². The van der Waals surface area contributed by atoms with Gasteiger partial charge in [0, 0.05) is 18.7 Å². The van der Waals surface area contributed by atoms with Crippen LogP contribution in [0.15, 0.2) is 46.0 Å². The minimum Gasteiger partial charge on any atom is -0.312 e. The molecule has 5 nitrogen and oxygen atoms in total. The smallest absolute Gasteiger partial charge is 0.271 e. The van der Waals surface area contributed by atoms with Gasteiger partial charge < -0.3 is 4.90 Å². The van der Waals surface area contributed by atoms with Crippen LogP contribution in [-0.4, -0.2) is 20.9 Å². The summed E-state index contributed by atoms with van der Waals surface area (Å²) < 4.78 is 27.2. The lowest BCUT2D eigenvalue weighted by atomic mass is 10.2. The van der Waals surface area contributed by atoms with Gasteiger partial charge in [-0.05, 0) is 36.1 Å². The van der Waals surface area contributed by atoms with Gasteiger partial charge in [0.25, 0.3) is 10.0 Å². The number of benzene rings is 1. The summed E-state index contributed by atoms with van der Waals surface area (Å²) in [5.41, 5.74) is 1.18. The van der Waals surface area contributed by atoms with E-state index >= 15 is 0 Å². The van der Waals surface area contributed by atoms with E-state index in [2.05, 4.69) is 4.72 Å². The number of hydrogen-bond donors (Lipinski definition) is 1. The van der Waals surface area contributed by atoms with Crippen LogP contribution in [0.4, 0.5) is 11.4 Å². The molecule has 110 valence electrons. The standard InChI is InChI=1S/C14H14N2O3S2/c17-13-6-2-8-16(13)12-5-1-4-11(10-12)15-21(18,19)14-7-3-9-20-14/h1,3-5,7,9-10,15H,2,6,8H2. The Balaban J connectivity index is 1.85. The number of carbonyl (C=O) groups is 1. The molecule has 1 fully saturated rings. The second-order valence-corrected chi connectivity index (χ2v) is 7.59. The summed E-state index contributed by atoms with van der Waals surface area (Å²) in [6.45, 7) is 0.681. The van der Waals surface area contributed by atoms with Crippen LogP contribution in [0, 0.1) is 0 Å². The Morgan fingerprint density at radius 2 is 2.05 bits per heavy atom. The SMILES string of the molecule is O=C1CCCN1c1cccc(NS(=O)(=O)c2cccs2)c1. The Labute approximate surface area is 127 Å². The van der Waals surface area contributed by atoms with Crippen molar-refractivity contribution >= 4 is 38.6 Å². The van der Waals surface area contributed by atoms with Gasteiger partial charge in [-0.2, -0.15) is 0 Å². The Morgan fingerprint density at radius 3 is 2.71 bits per heavy atom. The first kappa shape index (κ1) is 14.1. The van der Waals surface area contributed by atoms with Crippen LogP contribution in [-0.2, 0) is 14.8 Å². The molecule has 1 aliphatic heterocycles. The summed E-state index contributed by atoms with van der Waals surface area (Å²) >= 11 is 1.16. The lowest BCUT2D eigenvalue weighted by molar-refractivity contribution is -0.117. The van der Waals surface area contributed by atoms with Crippen molar-refractivity contribution in [3.63, 3.8) is 0 Å². The molecule has 1 amide bonds. The Hall–Kier alpha value is -1.86. The number of sulfonamides is 1. The third kappa shape index (κ3) is 2.93. The third-order valence-electron chi connectivity index (χ3n) is 3.24. The zero-order valence-corrected chi connectivity index (χ0v) is 12.8. The number of thiophene rings is 1. The molecular formula is C14H14N2O3S2. The molecule has 0 aliphatic carbocycles. The first-order chi connectivity index (χ1) is 10.1. The van der Waals surface area contributed by atoms with Crippen molar-refractivity contribution in [2.45, 2.75) is 17.1 Å². The van der Waals surface area contributed by atoms with Crippen LogP contribution in [0.3, 0.4) is 0 Å². The molecule has 1 aromatic carbocycles. The number of rotatable bonds is 4. The van der Waals surface area contributed by atoms with E-state index < -0.39 is 10.0 Å². The fourth-order valence-corrected chi connectivity index (χ4v) is 4.32. The normalized spacial score (nSPS) is 15.4. The number of anilines is 2. The summed E-state index contributed by atoms with van der Waals surface area (Å²) in [6, 6.07) is 10.2. The number of nitrogens with one attached hydrogen (secondary N) is 1. The number of hydrogen-bond acceptors (Lipinski definition) is 4. The highest BCUT2D eigenvalue weighted by molar-refractivity contribution is 7.94. The summed E-state index contributed by atoms with van der Waals surface area (Å²) in [7, 11) is -3.56. The molecule has 2 heterocycles. The first-order valence-corrected chi connectivity index (χ1v) is 8.89. The van der Waals surface area contributed by atoms with Crippen molar-refractivity contribution in [1.29, 1.82) is 0 Å². The third-order valence-corrected chi connectivity index (χ3v) is 6.02. The fourth-order valence-electron chi connectivity index (χ4n) is 2.28. The molecular weight excluding hydrogens is 308 g/mol. The van der Waals surface area contributed by atoms with E-state index in [0.29, 0.717) is 18.7 Å². The van der Waals surface area contributed by atoms with Crippen LogP contribution in [0.5, 0.6) is 0 Å². The van der Waals surface area contributed by atoms with Crippen molar-refractivity contribution in [2.24, 2.45) is 0 Å². The molecule has 0 spiro atoms. The molecule has 2 aromatic rings. The van der Waals surface area contributed by atoms with Gasteiger partial charge in [0.1, 0.15) is 4.21 Å². The summed E-state index contributed by atoms with van der Waals surface area (Å²) in [5.74, 6) is 0.0771. The Bertz CT molecular complexity index is 754. The van der Waals surface area contributed by atoms with Gasteiger partial charge in [0.05, 0.1) is 5.69 Å². The Kier molecular flexibility index (Phi) is 3.69. The maximum Gasteiger partial charge on any atom is 0.271 e. The fraction of sp³-hybridized carbons (Fsp3) is 0.214. The molecule has 3 rings (SSSR count). The summed E-state index contributed by atoms with van der Waals surface area (Å²) in [4.78, 5) is 13.4. The molecule has 0 saturated carbocycles. The average Bonchev–Trinajstić information content (AvgIpc) is 3.09. The van der Waals surface area contributed by atoms with E-state index in [-0.39, 0.29) is 10.1 Å². The van der Waals surface area contributed by atoms with Crippen LogP contribution in [0.1, 0.15) is 12.8 Å². The van der Waals surface area contributed by atoms with Crippen LogP contribution in [0.25, 0.3) is 0 Å². The lowest BCUT2D eigenvalue weighted by Crippen LogP contribution is -2.23. The monoisotopic (exact) mass is 322 g/mol. The van der Waals surface area contributed by atoms with E-state index in [0.717, 1.165) is 23.4 Å².